The number of likely N-dealkylation sites (tertiary alicyclic amines) is 1. The Labute approximate surface area is 246 Å². The van der Waals surface area contributed by atoms with Gasteiger partial charge in [-0.15, -0.1) is 0 Å². The number of hydrogen-bond acceptors (Lipinski definition) is 5. The smallest absolute Gasteiger partial charge is 0.408 e. The Bertz CT molecular complexity index is 1410. The summed E-state index contributed by atoms with van der Waals surface area (Å²) >= 11 is 0. The second-order valence-electron chi connectivity index (χ2n) is 11.9. The lowest BCUT2D eigenvalue weighted by molar-refractivity contribution is -0.143. The summed E-state index contributed by atoms with van der Waals surface area (Å²) < 4.78 is 5.84. The van der Waals surface area contributed by atoms with Gasteiger partial charge in [0.05, 0.1) is 5.92 Å². The van der Waals surface area contributed by atoms with Crippen LogP contribution in [0.15, 0.2) is 78.9 Å². The van der Waals surface area contributed by atoms with E-state index in [1.54, 1.807) is 0 Å². The van der Waals surface area contributed by atoms with Crippen molar-refractivity contribution >= 4 is 18.0 Å². The van der Waals surface area contributed by atoms with Crippen LogP contribution in [0.25, 0.3) is 11.1 Å². The number of fused-ring (bicyclic) bond motifs is 3. The Hall–Kier alpha value is -4.17. The number of nitrogens with zero attached hydrogens (tertiary/aromatic N) is 1. The molecule has 42 heavy (non-hydrogen) atoms. The van der Waals surface area contributed by atoms with E-state index in [-0.39, 0.29) is 24.5 Å². The number of amides is 2. The lowest BCUT2D eigenvalue weighted by Gasteiger charge is -2.33. The number of carboxylic acid groups (broad SMARTS) is 1. The third-order valence-corrected chi connectivity index (χ3v) is 9.08. The van der Waals surface area contributed by atoms with Crippen molar-refractivity contribution in [2.45, 2.75) is 56.1 Å². The Morgan fingerprint density at radius 2 is 1.57 bits per heavy atom. The van der Waals surface area contributed by atoms with Crippen LogP contribution >= 0.6 is 0 Å². The Kier molecular flexibility index (Phi) is 7.98. The lowest BCUT2D eigenvalue weighted by Crippen LogP contribution is -2.62. The number of hydrogen-bond donors (Lipinski definition) is 3. The summed E-state index contributed by atoms with van der Waals surface area (Å²) in [4.78, 5) is 41.0. The first kappa shape index (κ1) is 28.0. The molecule has 0 aromatic heterocycles. The maximum Gasteiger partial charge on any atom is 0.408 e. The summed E-state index contributed by atoms with van der Waals surface area (Å²) in [6.45, 7) is 1.79. The Morgan fingerprint density at radius 1 is 0.905 bits per heavy atom. The van der Waals surface area contributed by atoms with Crippen LogP contribution in [-0.4, -0.2) is 59.3 Å². The number of ether oxygens (including phenoxy) is 1. The number of aliphatic carboxylic acids is 1. The van der Waals surface area contributed by atoms with Crippen LogP contribution in [0.2, 0.25) is 0 Å². The molecule has 8 heteroatoms. The molecule has 3 aromatic carbocycles. The monoisotopic (exact) mass is 567 g/mol. The van der Waals surface area contributed by atoms with Crippen LogP contribution < -0.4 is 10.6 Å². The predicted molar refractivity (Wildman–Crippen MR) is 159 cm³/mol. The summed E-state index contributed by atoms with van der Waals surface area (Å²) in [5.41, 5.74) is 4.51. The van der Waals surface area contributed by atoms with E-state index in [1.807, 2.05) is 54.6 Å². The second kappa shape index (κ2) is 12.0. The van der Waals surface area contributed by atoms with Gasteiger partial charge in [-0.2, -0.15) is 0 Å². The highest BCUT2D eigenvalue weighted by Gasteiger charge is 2.47. The van der Waals surface area contributed by atoms with Gasteiger partial charge in [0.2, 0.25) is 5.91 Å². The first-order valence-corrected chi connectivity index (χ1v) is 14.8. The van der Waals surface area contributed by atoms with Gasteiger partial charge in [0.25, 0.3) is 0 Å². The minimum absolute atomic E-state index is 0.0822. The number of carboxylic acids is 1. The number of carbonyl (C=O) groups is 3. The quantitative estimate of drug-likeness (QED) is 0.356. The van der Waals surface area contributed by atoms with Crippen LogP contribution in [-0.2, 0) is 20.9 Å². The lowest BCUT2D eigenvalue weighted by atomic mass is 9.85. The van der Waals surface area contributed by atoms with Gasteiger partial charge in [-0.25, -0.2) is 4.79 Å². The average Bonchev–Trinajstić information content (AvgIpc) is 3.56. The van der Waals surface area contributed by atoms with Gasteiger partial charge in [-0.05, 0) is 53.5 Å². The molecular formula is C34H37N3O5. The summed E-state index contributed by atoms with van der Waals surface area (Å²) in [5.74, 6) is -1.65. The topological polar surface area (TPSA) is 108 Å². The summed E-state index contributed by atoms with van der Waals surface area (Å²) in [6.07, 6.45) is 2.30. The molecule has 2 amide bonds. The molecule has 1 saturated heterocycles. The summed E-state index contributed by atoms with van der Waals surface area (Å²) in [5, 5.41) is 15.6. The number of benzene rings is 3. The van der Waals surface area contributed by atoms with Crippen molar-refractivity contribution in [2.75, 3.05) is 19.7 Å². The van der Waals surface area contributed by atoms with Crippen molar-refractivity contribution in [3.05, 3.63) is 95.6 Å². The zero-order valence-electron chi connectivity index (χ0n) is 23.6. The third-order valence-electron chi connectivity index (χ3n) is 9.08. The molecule has 1 unspecified atom stereocenters. The van der Waals surface area contributed by atoms with E-state index in [2.05, 4.69) is 39.8 Å². The molecule has 6 rings (SSSR count). The van der Waals surface area contributed by atoms with Gasteiger partial charge in [-0.3, -0.25) is 14.5 Å². The van der Waals surface area contributed by atoms with Crippen molar-refractivity contribution in [2.24, 2.45) is 5.92 Å². The Morgan fingerprint density at radius 3 is 2.26 bits per heavy atom. The van der Waals surface area contributed by atoms with Crippen molar-refractivity contribution in [1.29, 1.82) is 0 Å². The van der Waals surface area contributed by atoms with Gasteiger partial charge in [0, 0.05) is 31.6 Å². The van der Waals surface area contributed by atoms with E-state index in [0.717, 1.165) is 40.7 Å². The van der Waals surface area contributed by atoms with Crippen molar-refractivity contribution in [3.63, 3.8) is 0 Å². The molecule has 3 aromatic rings. The molecule has 3 aliphatic rings. The van der Waals surface area contributed by atoms with E-state index < -0.39 is 23.5 Å². The fraction of sp³-hybridized carbons (Fsp3) is 0.382. The highest BCUT2D eigenvalue weighted by atomic mass is 16.5. The summed E-state index contributed by atoms with van der Waals surface area (Å²) in [6, 6.07) is 26.2. The average molecular weight is 568 g/mol. The van der Waals surface area contributed by atoms with E-state index in [9.17, 15) is 19.5 Å². The number of carbonyl (C=O) groups excluding carboxylic acids is 2. The third kappa shape index (κ3) is 5.77. The van der Waals surface area contributed by atoms with E-state index in [1.165, 1.54) is 0 Å². The second-order valence-corrected chi connectivity index (χ2v) is 11.9. The highest BCUT2D eigenvalue weighted by molar-refractivity contribution is 5.91. The molecule has 0 radical (unpaired) electrons. The molecule has 3 N–H and O–H groups in total. The standard InChI is InChI=1S/C34H37N3O5/c38-31(39)24-11-8-12-25(19-24)35-32(40)34(17-18-37(22-34)20-23-9-2-1-3-10-23)36-33(41)42-21-30-28-15-6-4-13-26(28)27-14-5-7-16-29(27)30/h1-7,9-10,13-16,24-25,30H,8,11-12,17-22H2,(H,35,40)(H,36,41)(H,38,39)/t24-,25+,34?/m1/s1. The molecule has 2 aliphatic carbocycles. The zero-order chi connectivity index (χ0) is 29.1. The molecule has 0 bridgehead atoms. The molecule has 1 aliphatic heterocycles. The number of rotatable bonds is 8. The van der Waals surface area contributed by atoms with Crippen molar-refractivity contribution in [1.82, 2.24) is 15.5 Å². The van der Waals surface area contributed by atoms with Gasteiger partial charge in [0.1, 0.15) is 12.1 Å². The molecule has 3 atom stereocenters. The van der Waals surface area contributed by atoms with Gasteiger partial charge in [-0.1, -0.05) is 85.3 Å². The first-order chi connectivity index (χ1) is 20.4. The number of nitrogens with one attached hydrogen (secondary N) is 2. The molecule has 8 nitrogen and oxygen atoms in total. The fourth-order valence-corrected chi connectivity index (χ4v) is 6.91. The normalized spacial score (nSPS) is 23.5. The molecule has 0 spiro atoms. The van der Waals surface area contributed by atoms with E-state index in [4.69, 9.17) is 4.74 Å². The first-order valence-electron chi connectivity index (χ1n) is 14.8. The van der Waals surface area contributed by atoms with Gasteiger partial charge in [0.15, 0.2) is 0 Å². The molecular weight excluding hydrogens is 530 g/mol. The van der Waals surface area contributed by atoms with Crippen molar-refractivity contribution in [3.8, 4) is 11.1 Å². The maximum absolute atomic E-state index is 13.9. The van der Waals surface area contributed by atoms with Crippen LogP contribution in [0.1, 0.15) is 54.7 Å². The number of alkyl carbamates (subject to hydrolysis) is 1. The van der Waals surface area contributed by atoms with Gasteiger partial charge >= 0.3 is 12.1 Å². The maximum atomic E-state index is 13.9. The largest absolute Gasteiger partial charge is 0.481 e. The molecule has 218 valence electrons. The molecule has 1 saturated carbocycles. The minimum atomic E-state index is -1.17. The fourth-order valence-electron chi connectivity index (χ4n) is 6.91. The highest BCUT2D eigenvalue weighted by Crippen LogP contribution is 2.44. The zero-order valence-corrected chi connectivity index (χ0v) is 23.6. The minimum Gasteiger partial charge on any atom is -0.481 e. The molecule has 1 heterocycles. The van der Waals surface area contributed by atoms with Crippen molar-refractivity contribution < 1.29 is 24.2 Å². The Balaban J connectivity index is 1.16. The molecule has 2 fully saturated rings. The van der Waals surface area contributed by atoms with E-state index in [0.29, 0.717) is 38.9 Å². The van der Waals surface area contributed by atoms with E-state index >= 15 is 0 Å². The van der Waals surface area contributed by atoms with Crippen LogP contribution in [0.5, 0.6) is 0 Å². The summed E-state index contributed by atoms with van der Waals surface area (Å²) in [7, 11) is 0. The van der Waals surface area contributed by atoms with Crippen LogP contribution in [0.4, 0.5) is 4.79 Å². The van der Waals surface area contributed by atoms with Crippen LogP contribution in [0, 0.1) is 5.92 Å². The van der Waals surface area contributed by atoms with Crippen LogP contribution in [0.3, 0.4) is 0 Å². The van der Waals surface area contributed by atoms with Gasteiger partial charge < -0.3 is 20.5 Å². The SMILES string of the molecule is O=C(NC1(C(=O)N[C@H]2CCC[C@@H](C(=O)O)C2)CCN(Cc2ccccc2)C1)OCC1c2ccccc2-c2ccccc21. The predicted octanol–water partition coefficient (Wildman–Crippen LogP) is 4.93.